The second-order valence-corrected chi connectivity index (χ2v) is 11.2. The maximum Gasteiger partial charge on any atom is 0.253 e. The number of aryl methyl sites for hydroxylation is 1. The summed E-state index contributed by atoms with van der Waals surface area (Å²) in [6, 6.07) is 15.8. The molecular formula is C30H36N6O2. The zero-order chi connectivity index (χ0) is 26.1. The summed E-state index contributed by atoms with van der Waals surface area (Å²) < 4.78 is 7.18. The third-order valence-electron chi connectivity index (χ3n) is 8.68. The van der Waals surface area contributed by atoms with Crippen LogP contribution in [0.15, 0.2) is 53.3 Å². The summed E-state index contributed by atoms with van der Waals surface area (Å²) in [6.07, 6.45) is 8.84. The van der Waals surface area contributed by atoms with Gasteiger partial charge >= 0.3 is 0 Å². The fourth-order valence-electron chi connectivity index (χ4n) is 6.70. The molecular weight excluding hydrogens is 476 g/mol. The van der Waals surface area contributed by atoms with Gasteiger partial charge in [0.2, 0.25) is 0 Å². The lowest BCUT2D eigenvalue weighted by atomic mass is 9.69. The minimum absolute atomic E-state index is 0.0703. The van der Waals surface area contributed by atoms with E-state index in [1.54, 1.807) is 7.11 Å². The third-order valence-corrected chi connectivity index (χ3v) is 8.68. The Morgan fingerprint density at radius 1 is 1.05 bits per heavy atom. The summed E-state index contributed by atoms with van der Waals surface area (Å²) in [5, 5.41) is 14.1. The number of nitrogens with zero attached hydrogens (tertiary/aromatic N) is 5. The molecule has 1 aliphatic heterocycles. The summed E-state index contributed by atoms with van der Waals surface area (Å²) in [5.41, 5.74) is 3.99. The van der Waals surface area contributed by atoms with Crippen LogP contribution in [0, 0.1) is 12.3 Å². The first-order chi connectivity index (χ1) is 18.5. The van der Waals surface area contributed by atoms with E-state index >= 15 is 0 Å². The van der Waals surface area contributed by atoms with Crippen LogP contribution in [0.4, 0.5) is 0 Å². The van der Waals surface area contributed by atoms with Gasteiger partial charge in [-0.3, -0.25) is 9.69 Å². The molecule has 1 unspecified atom stereocenters. The number of aromatic nitrogens is 5. The minimum Gasteiger partial charge on any atom is -0.497 e. The van der Waals surface area contributed by atoms with E-state index in [0.29, 0.717) is 23.3 Å². The van der Waals surface area contributed by atoms with Crippen molar-refractivity contribution in [1.82, 2.24) is 30.1 Å². The maximum atomic E-state index is 13.7. The van der Waals surface area contributed by atoms with Crippen molar-refractivity contribution in [2.24, 2.45) is 5.41 Å². The Morgan fingerprint density at radius 3 is 2.63 bits per heavy atom. The summed E-state index contributed by atoms with van der Waals surface area (Å²) >= 11 is 0. The fraction of sp³-hybridized carbons (Fsp3) is 0.467. The van der Waals surface area contributed by atoms with Crippen LogP contribution >= 0.6 is 0 Å². The number of pyridine rings is 1. The molecule has 1 saturated carbocycles. The number of aromatic amines is 1. The van der Waals surface area contributed by atoms with E-state index in [4.69, 9.17) is 4.74 Å². The average Bonchev–Trinajstić information content (AvgIpc) is 3.38. The van der Waals surface area contributed by atoms with Gasteiger partial charge in [-0.05, 0) is 89.7 Å². The van der Waals surface area contributed by atoms with Crippen LogP contribution in [-0.4, -0.2) is 50.3 Å². The summed E-state index contributed by atoms with van der Waals surface area (Å²) in [7, 11) is 1.67. The number of hydrogen-bond donors (Lipinski definition) is 1. The van der Waals surface area contributed by atoms with Gasteiger partial charge in [-0.2, -0.15) is 0 Å². The number of benzene rings is 2. The van der Waals surface area contributed by atoms with Crippen molar-refractivity contribution in [3.8, 4) is 5.75 Å². The Labute approximate surface area is 223 Å². The Bertz CT molecular complexity index is 1460. The van der Waals surface area contributed by atoms with Gasteiger partial charge in [-0.25, -0.2) is 4.68 Å². The first-order valence-corrected chi connectivity index (χ1v) is 13.8. The molecule has 2 aliphatic rings. The predicted octanol–water partition coefficient (Wildman–Crippen LogP) is 5.02. The van der Waals surface area contributed by atoms with Gasteiger partial charge in [0.25, 0.3) is 5.56 Å². The molecule has 38 heavy (non-hydrogen) atoms. The lowest BCUT2D eigenvalue weighted by Gasteiger charge is -2.47. The van der Waals surface area contributed by atoms with Gasteiger partial charge in [-0.1, -0.05) is 49.6 Å². The van der Waals surface area contributed by atoms with Gasteiger partial charge in [0.1, 0.15) is 11.8 Å². The van der Waals surface area contributed by atoms with E-state index in [0.717, 1.165) is 47.3 Å². The van der Waals surface area contributed by atoms with Crippen LogP contribution in [-0.2, 0) is 6.54 Å². The van der Waals surface area contributed by atoms with Gasteiger partial charge < -0.3 is 9.72 Å². The van der Waals surface area contributed by atoms with E-state index in [-0.39, 0.29) is 11.6 Å². The van der Waals surface area contributed by atoms with Crippen LogP contribution in [0.25, 0.3) is 10.9 Å². The van der Waals surface area contributed by atoms with Crippen molar-refractivity contribution in [3.05, 3.63) is 81.4 Å². The lowest BCUT2D eigenvalue weighted by Crippen LogP contribution is -2.47. The highest BCUT2D eigenvalue weighted by atomic mass is 16.5. The van der Waals surface area contributed by atoms with E-state index in [1.165, 1.54) is 38.5 Å². The number of H-pyrrole nitrogens is 1. The number of piperidine rings is 1. The molecule has 1 N–H and O–H groups in total. The summed E-state index contributed by atoms with van der Waals surface area (Å²) in [4.78, 5) is 19.4. The molecule has 1 saturated heterocycles. The Balaban J connectivity index is 1.44. The summed E-state index contributed by atoms with van der Waals surface area (Å²) in [6.45, 7) is 4.44. The van der Waals surface area contributed by atoms with Crippen molar-refractivity contribution in [2.45, 2.75) is 64.5 Å². The zero-order valence-corrected chi connectivity index (χ0v) is 22.3. The average molecular weight is 513 g/mol. The molecule has 4 aromatic rings. The Hall–Kier alpha value is -3.52. The first-order valence-electron chi connectivity index (χ1n) is 13.8. The van der Waals surface area contributed by atoms with Crippen LogP contribution < -0.4 is 10.3 Å². The highest BCUT2D eigenvalue weighted by Gasteiger charge is 2.41. The highest BCUT2D eigenvalue weighted by molar-refractivity contribution is 5.82. The van der Waals surface area contributed by atoms with E-state index in [9.17, 15) is 4.79 Å². The van der Waals surface area contributed by atoms with Crippen molar-refractivity contribution in [1.29, 1.82) is 0 Å². The van der Waals surface area contributed by atoms with E-state index < -0.39 is 0 Å². The molecule has 2 fully saturated rings. The Morgan fingerprint density at radius 2 is 1.84 bits per heavy atom. The molecule has 1 spiro atoms. The topological polar surface area (TPSA) is 88.9 Å². The molecule has 0 bridgehead atoms. The second kappa shape index (κ2) is 10.3. The number of nitrogens with one attached hydrogen (secondary N) is 1. The second-order valence-electron chi connectivity index (χ2n) is 11.2. The third kappa shape index (κ3) is 4.73. The molecule has 198 valence electrons. The number of ether oxygens (including phenoxy) is 1. The molecule has 0 radical (unpaired) electrons. The van der Waals surface area contributed by atoms with E-state index in [1.807, 2.05) is 48.0 Å². The molecule has 3 heterocycles. The molecule has 8 nitrogen and oxygen atoms in total. The number of para-hydroxylation sites is 1. The number of hydrogen-bond acceptors (Lipinski definition) is 6. The normalized spacial score (nSPS) is 18.6. The van der Waals surface area contributed by atoms with Gasteiger partial charge in [-0.15, -0.1) is 5.10 Å². The molecule has 2 aromatic heterocycles. The monoisotopic (exact) mass is 512 g/mol. The van der Waals surface area contributed by atoms with Gasteiger partial charge in [0.15, 0.2) is 5.82 Å². The maximum absolute atomic E-state index is 13.7. The predicted molar refractivity (Wildman–Crippen MR) is 147 cm³/mol. The van der Waals surface area contributed by atoms with Gasteiger partial charge in [0, 0.05) is 12.1 Å². The van der Waals surface area contributed by atoms with E-state index in [2.05, 4.69) is 37.5 Å². The van der Waals surface area contributed by atoms with Crippen molar-refractivity contribution in [2.75, 3.05) is 20.2 Å². The minimum atomic E-state index is -0.323. The summed E-state index contributed by atoms with van der Waals surface area (Å²) in [5.74, 6) is 1.53. The molecule has 6 rings (SSSR count). The number of fused-ring (bicyclic) bond motifs is 1. The van der Waals surface area contributed by atoms with Crippen LogP contribution in [0.2, 0.25) is 0 Å². The number of tetrazole rings is 1. The molecule has 2 aromatic carbocycles. The SMILES string of the molecule is COc1ccc(Cn2nnnc2C(c2cc3cccc(C)c3[nH]c2=O)N2CCCC3(CCCCC3)C2)cc1. The van der Waals surface area contributed by atoms with Crippen molar-refractivity contribution < 1.29 is 4.74 Å². The number of rotatable bonds is 6. The van der Waals surface area contributed by atoms with Crippen LogP contribution in [0.5, 0.6) is 5.75 Å². The molecule has 8 heteroatoms. The quantitative estimate of drug-likeness (QED) is 0.390. The van der Waals surface area contributed by atoms with Crippen molar-refractivity contribution >= 4 is 10.9 Å². The first kappa shape index (κ1) is 24.8. The smallest absolute Gasteiger partial charge is 0.253 e. The number of likely N-dealkylation sites (tertiary alicyclic amines) is 1. The van der Waals surface area contributed by atoms with Gasteiger partial charge in [0.05, 0.1) is 19.2 Å². The molecule has 1 atom stereocenters. The largest absolute Gasteiger partial charge is 0.497 e. The van der Waals surface area contributed by atoms with Crippen LogP contribution in [0.1, 0.15) is 73.5 Å². The molecule has 1 aliphatic carbocycles. The Kier molecular flexibility index (Phi) is 6.74. The lowest BCUT2D eigenvalue weighted by molar-refractivity contribution is 0.0340. The molecule has 0 amide bonds. The van der Waals surface area contributed by atoms with Crippen LogP contribution in [0.3, 0.4) is 0 Å². The zero-order valence-electron chi connectivity index (χ0n) is 22.3. The fourth-order valence-corrected chi connectivity index (χ4v) is 6.70. The highest BCUT2D eigenvalue weighted by Crippen LogP contribution is 2.45. The standard InChI is InChI=1S/C30H36N6O2/c1-21-8-6-9-23-18-25(29(37)31-26(21)23)27(35-17-7-16-30(20-35)14-4-3-5-15-30)28-32-33-34-36(28)19-22-10-12-24(38-2)13-11-22/h6,8-13,18,27H,3-5,7,14-17,19-20H2,1-2H3,(H,31,37). The number of methoxy groups -OCH3 is 1. The van der Waals surface area contributed by atoms with Crippen molar-refractivity contribution in [3.63, 3.8) is 0 Å².